The summed E-state index contributed by atoms with van der Waals surface area (Å²) in [4.78, 5) is 0. The highest BCUT2D eigenvalue weighted by Gasteiger charge is 2.41. The largest absolute Gasteiger partial charge is 0.237 e. The smallest absolute Gasteiger partial charge is 0.208 e. The minimum Gasteiger partial charge on any atom is -0.237 e. The summed E-state index contributed by atoms with van der Waals surface area (Å²) >= 11 is 0. The normalized spacial score (nSPS) is 17.3. The molecule has 0 amide bonds. The summed E-state index contributed by atoms with van der Waals surface area (Å²) in [5.74, 6) is 0.0877. The molecule has 0 unspecified atom stereocenters. The summed E-state index contributed by atoms with van der Waals surface area (Å²) in [6.45, 7) is 17.8. The monoisotopic (exact) mass is 291 g/mol. The summed E-state index contributed by atoms with van der Waals surface area (Å²) in [5, 5.41) is -0.383. The van der Waals surface area contributed by atoms with Gasteiger partial charge in [0.05, 0.1) is 5.25 Å². The molecule has 0 radical (unpaired) electrons. The van der Waals surface area contributed by atoms with Crippen LogP contribution >= 0.6 is 0 Å². The highest BCUT2D eigenvalue weighted by atomic mass is 32.2. The van der Waals surface area contributed by atoms with Crippen LogP contribution in [-0.4, -0.2) is 21.9 Å². The second-order valence-electron chi connectivity index (χ2n) is 6.73. The Hall–Kier alpha value is -0.133. The minimum atomic E-state index is -3.26. The molecule has 0 rings (SSSR count). The highest BCUT2D eigenvalue weighted by molar-refractivity contribution is 7.91. The van der Waals surface area contributed by atoms with Crippen LogP contribution in [-0.2, 0) is 10.0 Å². The third-order valence-corrected chi connectivity index (χ3v) is 12.5. The minimum absolute atomic E-state index is 0.00145. The molecule has 0 saturated heterocycles. The van der Waals surface area contributed by atoms with Gasteiger partial charge in [-0.25, -0.2) is 12.8 Å². The van der Waals surface area contributed by atoms with E-state index >= 15 is 0 Å². The van der Waals surface area contributed by atoms with Crippen molar-refractivity contribution in [3.63, 3.8) is 0 Å². The van der Waals surface area contributed by atoms with Crippen molar-refractivity contribution in [2.75, 3.05) is 0 Å². The van der Waals surface area contributed by atoms with Crippen LogP contribution in [0.15, 0.2) is 12.7 Å². The molecule has 0 heterocycles. The van der Waals surface area contributed by atoms with Gasteiger partial charge in [0, 0.05) is 0 Å². The quantitative estimate of drug-likeness (QED) is 0.601. The van der Waals surface area contributed by atoms with Gasteiger partial charge in [-0.1, -0.05) is 46.9 Å². The number of hydrogen-bond acceptors (Lipinski definition) is 2. The van der Waals surface area contributed by atoms with Crippen molar-refractivity contribution < 1.29 is 8.42 Å². The Morgan fingerprint density at radius 1 is 1.28 bits per heavy atom. The van der Waals surface area contributed by atoms with E-state index in [1.807, 2.05) is 6.92 Å². The molecule has 0 aromatic rings. The fourth-order valence-electron chi connectivity index (χ4n) is 1.36. The fraction of sp³-hybridized carbons (Fsp3) is 0.846. The number of sulfonamides is 1. The van der Waals surface area contributed by atoms with Crippen LogP contribution in [0.1, 0.15) is 41.0 Å². The lowest BCUT2D eigenvalue weighted by atomic mass is 10.1. The lowest BCUT2D eigenvalue weighted by molar-refractivity contribution is 0.520. The van der Waals surface area contributed by atoms with E-state index in [0.29, 0.717) is 0 Å². The molecular formula is C13H29NO2SSi. The van der Waals surface area contributed by atoms with Gasteiger partial charge in [-0.2, -0.15) is 0 Å². The van der Waals surface area contributed by atoms with Crippen LogP contribution in [0, 0.1) is 5.92 Å². The highest BCUT2D eigenvalue weighted by Crippen LogP contribution is 2.34. The van der Waals surface area contributed by atoms with E-state index in [1.54, 1.807) is 13.0 Å². The molecule has 5 heteroatoms. The van der Waals surface area contributed by atoms with Gasteiger partial charge in [0.1, 0.15) is 8.24 Å². The van der Waals surface area contributed by atoms with Crippen LogP contribution in [0.25, 0.3) is 0 Å². The van der Waals surface area contributed by atoms with Crippen molar-refractivity contribution in [2.24, 2.45) is 5.92 Å². The maximum atomic E-state index is 12.4. The maximum absolute atomic E-state index is 12.4. The molecule has 0 fully saturated rings. The van der Waals surface area contributed by atoms with Crippen LogP contribution in [0.3, 0.4) is 0 Å². The van der Waals surface area contributed by atoms with Gasteiger partial charge in [0.15, 0.2) is 0 Å². The molecule has 0 aromatic carbocycles. The lowest BCUT2D eigenvalue weighted by Gasteiger charge is -2.38. The van der Waals surface area contributed by atoms with Crippen molar-refractivity contribution in [1.29, 1.82) is 0 Å². The van der Waals surface area contributed by atoms with Gasteiger partial charge in [0.25, 0.3) is 0 Å². The second kappa shape index (κ2) is 5.88. The summed E-state index contributed by atoms with van der Waals surface area (Å²) in [6.07, 6.45) is 2.50. The lowest BCUT2D eigenvalue weighted by Crippen LogP contribution is -2.57. The Morgan fingerprint density at radius 3 is 2.06 bits per heavy atom. The molecule has 0 aliphatic heterocycles. The molecule has 3 nitrogen and oxygen atoms in total. The van der Waals surface area contributed by atoms with Crippen LogP contribution in [0.5, 0.6) is 0 Å². The first kappa shape index (κ1) is 17.9. The first-order valence-corrected chi connectivity index (χ1v) is 11.0. The molecule has 18 heavy (non-hydrogen) atoms. The second-order valence-corrected chi connectivity index (χ2v) is 14.1. The Labute approximate surface area is 114 Å². The molecule has 0 aliphatic rings. The Bertz CT molecular complexity index is 382. The van der Waals surface area contributed by atoms with E-state index in [1.165, 1.54) is 0 Å². The zero-order chi connectivity index (χ0) is 14.8. The van der Waals surface area contributed by atoms with E-state index in [2.05, 4.69) is 44.8 Å². The average molecular weight is 292 g/mol. The van der Waals surface area contributed by atoms with E-state index in [0.717, 1.165) is 6.42 Å². The first-order valence-electron chi connectivity index (χ1n) is 6.49. The van der Waals surface area contributed by atoms with Crippen molar-refractivity contribution in [3.05, 3.63) is 12.7 Å². The van der Waals surface area contributed by atoms with Crippen molar-refractivity contribution in [2.45, 2.75) is 64.4 Å². The van der Waals surface area contributed by atoms with Crippen LogP contribution in [0.4, 0.5) is 0 Å². The summed E-state index contributed by atoms with van der Waals surface area (Å²) in [5.41, 5.74) is 0. The van der Waals surface area contributed by atoms with E-state index in [-0.39, 0.29) is 16.2 Å². The molecule has 0 saturated carbocycles. The van der Waals surface area contributed by atoms with Crippen molar-refractivity contribution in [1.82, 2.24) is 4.39 Å². The molecule has 0 aromatic heterocycles. The van der Waals surface area contributed by atoms with Crippen molar-refractivity contribution in [3.8, 4) is 0 Å². The van der Waals surface area contributed by atoms with E-state index in [9.17, 15) is 8.42 Å². The van der Waals surface area contributed by atoms with Gasteiger partial charge >= 0.3 is 0 Å². The van der Waals surface area contributed by atoms with Gasteiger partial charge in [-0.15, -0.1) is 6.58 Å². The van der Waals surface area contributed by atoms with Gasteiger partial charge in [-0.05, 0) is 24.3 Å². The van der Waals surface area contributed by atoms with Crippen LogP contribution in [0.2, 0.25) is 18.1 Å². The predicted octanol–water partition coefficient (Wildman–Crippen LogP) is 3.51. The Kier molecular flexibility index (Phi) is 5.84. The maximum Gasteiger partial charge on any atom is 0.208 e. The third kappa shape index (κ3) is 4.52. The van der Waals surface area contributed by atoms with E-state index < -0.39 is 18.3 Å². The topological polar surface area (TPSA) is 46.2 Å². The molecule has 2 atom stereocenters. The average Bonchev–Trinajstić information content (AvgIpc) is 2.13. The molecular weight excluding hydrogens is 262 g/mol. The number of allylic oxidation sites excluding steroid dienone is 1. The number of nitrogens with one attached hydrogen (secondary N) is 1. The number of hydrogen-bond donors (Lipinski definition) is 1. The zero-order valence-corrected chi connectivity index (χ0v) is 14.7. The van der Waals surface area contributed by atoms with Gasteiger partial charge in [0.2, 0.25) is 10.0 Å². The van der Waals surface area contributed by atoms with E-state index in [4.69, 9.17) is 0 Å². The third-order valence-electron chi connectivity index (χ3n) is 4.10. The Morgan fingerprint density at radius 2 is 1.72 bits per heavy atom. The van der Waals surface area contributed by atoms with Crippen molar-refractivity contribution >= 4 is 18.3 Å². The standard InChI is InChI=1S/C13H29NO2SSi/c1-9-10-11(2)12(3)17(15,16)14-18(7,8)13(4,5)6/h9,11-12,14H,1,10H2,2-8H3/t11-,12+/m0/s1. The summed E-state index contributed by atoms with van der Waals surface area (Å²) in [6, 6.07) is 0. The van der Waals surface area contributed by atoms with Crippen LogP contribution < -0.4 is 4.39 Å². The summed E-state index contributed by atoms with van der Waals surface area (Å²) in [7, 11) is -5.29. The SMILES string of the molecule is C=CC[C@H](C)[C@@H](C)S(=O)(=O)N[Si](C)(C)C(C)(C)C. The molecule has 0 spiro atoms. The molecule has 108 valence electrons. The number of rotatable bonds is 6. The predicted molar refractivity (Wildman–Crippen MR) is 82.7 cm³/mol. The zero-order valence-electron chi connectivity index (χ0n) is 12.9. The molecule has 1 N–H and O–H groups in total. The first-order chi connectivity index (χ1) is 7.85. The molecule has 0 aliphatic carbocycles. The fourth-order valence-corrected chi connectivity index (χ4v) is 6.90. The van der Waals surface area contributed by atoms with Gasteiger partial charge in [-0.3, -0.25) is 0 Å². The molecule has 0 bridgehead atoms. The van der Waals surface area contributed by atoms with Gasteiger partial charge < -0.3 is 0 Å². The summed E-state index contributed by atoms with van der Waals surface area (Å²) < 4.78 is 27.8. The Balaban J connectivity index is 5.03.